The summed E-state index contributed by atoms with van der Waals surface area (Å²) in [4.78, 5) is 8.84. The zero-order valence-corrected chi connectivity index (χ0v) is 13.7. The zero-order valence-electron chi connectivity index (χ0n) is 13.7. The van der Waals surface area contributed by atoms with E-state index in [0.717, 1.165) is 30.9 Å². The maximum atomic E-state index is 10.4. The molecule has 2 heterocycles. The number of aliphatic hydroxyl groups is 1. The highest BCUT2D eigenvalue weighted by Gasteiger charge is 2.27. The maximum Gasteiger partial charge on any atom is 0.223 e. The topological polar surface area (TPSA) is 65.6 Å². The molecule has 124 valence electrons. The fraction of sp³-hybridized carbons (Fsp3) is 0.529. The van der Waals surface area contributed by atoms with Gasteiger partial charge in [-0.3, -0.25) is 9.80 Å². The summed E-state index contributed by atoms with van der Waals surface area (Å²) in [5.74, 6) is 1.33. The Kier molecular flexibility index (Phi) is 5.05. The van der Waals surface area contributed by atoms with E-state index in [1.807, 2.05) is 30.3 Å². The molecule has 2 atom stereocenters. The highest BCUT2D eigenvalue weighted by atomic mass is 16.5. The first kappa shape index (κ1) is 16.1. The molecular formula is C17H24N4O2. The minimum atomic E-state index is -0.430. The van der Waals surface area contributed by atoms with Crippen molar-refractivity contribution in [1.82, 2.24) is 19.9 Å². The smallest absolute Gasteiger partial charge is 0.223 e. The number of likely N-dealkylation sites (N-methyl/N-ethyl adjacent to an activating group) is 1. The number of benzene rings is 1. The Morgan fingerprint density at radius 2 is 2.17 bits per heavy atom. The quantitative estimate of drug-likeness (QED) is 0.873. The van der Waals surface area contributed by atoms with Crippen molar-refractivity contribution in [2.24, 2.45) is 0 Å². The SMILES string of the molecule is Cc1nc(CN(C)C2CCN(CC(O)c3ccccc3)C2)no1. The van der Waals surface area contributed by atoms with Crippen LogP contribution in [0.25, 0.3) is 0 Å². The number of aryl methyl sites for hydroxylation is 1. The fourth-order valence-corrected chi connectivity index (χ4v) is 3.12. The lowest BCUT2D eigenvalue weighted by Gasteiger charge is -2.24. The van der Waals surface area contributed by atoms with Crippen molar-refractivity contribution < 1.29 is 9.63 Å². The predicted molar refractivity (Wildman–Crippen MR) is 86.7 cm³/mol. The number of β-amino-alcohol motifs (C(OH)–C–C–N with tert-alkyl or cyclic N) is 1. The molecule has 0 spiro atoms. The van der Waals surface area contributed by atoms with E-state index in [1.165, 1.54) is 0 Å². The molecule has 23 heavy (non-hydrogen) atoms. The minimum absolute atomic E-state index is 0.430. The number of nitrogens with zero attached hydrogens (tertiary/aromatic N) is 4. The molecule has 6 nitrogen and oxygen atoms in total. The van der Waals surface area contributed by atoms with Crippen molar-refractivity contribution in [1.29, 1.82) is 0 Å². The first-order valence-electron chi connectivity index (χ1n) is 8.06. The van der Waals surface area contributed by atoms with Crippen molar-refractivity contribution in [3.63, 3.8) is 0 Å². The van der Waals surface area contributed by atoms with Crippen molar-refractivity contribution in [3.05, 3.63) is 47.6 Å². The molecule has 2 aromatic rings. The van der Waals surface area contributed by atoms with E-state index >= 15 is 0 Å². The van der Waals surface area contributed by atoms with E-state index in [0.29, 0.717) is 25.0 Å². The molecule has 1 aromatic carbocycles. The van der Waals surface area contributed by atoms with Crippen molar-refractivity contribution in [2.75, 3.05) is 26.7 Å². The summed E-state index contributed by atoms with van der Waals surface area (Å²) in [6.07, 6.45) is 0.662. The van der Waals surface area contributed by atoms with Gasteiger partial charge in [0, 0.05) is 26.1 Å². The summed E-state index contributed by atoms with van der Waals surface area (Å²) in [6.45, 7) is 5.13. The average molecular weight is 316 g/mol. The Morgan fingerprint density at radius 1 is 1.39 bits per heavy atom. The first-order chi connectivity index (χ1) is 11.1. The lowest BCUT2D eigenvalue weighted by molar-refractivity contribution is 0.120. The third-order valence-electron chi connectivity index (χ3n) is 4.45. The van der Waals surface area contributed by atoms with Gasteiger partial charge in [0.05, 0.1) is 12.6 Å². The standard InChI is InChI=1S/C17H24N4O2/c1-13-18-17(19-23-13)12-20(2)15-8-9-21(10-15)11-16(22)14-6-4-3-5-7-14/h3-7,15-16,22H,8-12H2,1-2H3. The Balaban J connectivity index is 1.50. The van der Waals surface area contributed by atoms with Crippen LogP contribution < -0.4 is 0 Å². The Hall–Kier alpha value is -1.76. The largest absolute Gasteiger partial charge is 0.387 e. The molecule has 3 rings (SSSR count). The summed E-state index contributed by atoms with van der Waals surface area (Å²) in [6, 6.07) is 10.3. The van der Waals surface area contributed by atoms with Crippen LogP contribution in [-0.2, 0) is 6.54 Å². The van der Waals surface area contributed by atoms with Crippen molar-refractivity contribution >= 4 is 0 Å². The number of aromatic nitrogens is 2. The van der Waals surface area contributed by atoms with E-state index < -0.39 is 6.10 Å². The van der Waals surface area contributed by atoms with Gasteiger partial charge < -0.3 is 9.63 Å². The number of aliphatic hydroxyl groups excluding tert-OH is 1. The van der Waals surface area contributed by atoms with Gasteiger partial charge >= 0.3 is 0 Å². The monoisotopic (exact) mass is 316 g/mol. The van der Waals surface area contributed by atoms with Gasteiger partial charge in [-0.25, -0.2) is 0 Å². The minimum Gasteiger partial charge on any atom is -0.387 e. The van der Waals surface area contributed by atoms with Gasteiger partial charge in [0.1, 0.15) is 0 Å². The zero-order chi connectivity index (χ0) is 16.2. The molecule has 1 saturated heterocycles. The third kappa shape index (κ3) is 4.16. The van der Waals surface area contributed by atoms with Crippen LogP contribution >= 0.6 is 0 Å². The number of likely N-dealkylation sites (tertiary alicyclic amines) is 1. The molecule has 6 heteroatoms. The second kappa shape index (κ2) is 7.21. The van der Waals surface area contributed by atoms with Crippen LogP contribution in [0.5, 0.6) is 0 Å². The van der Waals surface area contributed by atoms with Crippen LogP contribution in [-0.4, -0.2) is 57.8 Å². The molecule has 0 saturated carbocycles. The van der Waals surface area contributed by atoms with Gasteiger partial charge in [-0.15, -0.1) is 0 Å². The van der Waals surface area contributed by atoms with Gasteiger partial charge in [0.25, 0.3) is 0 Å². The molecular weight excluding hydrogens is 292 g/mol. The molecule has 1 aliphatic heterocycles. The van der Waals surface area contributed by atoms with Gasteiger partial charge in [-0.1, -0.05) is 35.5 Å². The van der Waals surface area contributed by atoms with E-state index in [9.17, 15) is 5.11 Å². The molecule has 0 bridgehead atoms. The molecule has 1 aliphatic rings. The Morgan fingerprint density at radius 3 is 2.87 bits per heavy atom. The van der Waals surface area contributed by atoms with Crippen LogP contribution in [0.2, 0.25) is 0 Å². The Labute approximate surface area is 136 Å². The molecule has 1 fully saturated rings. The molecule has 0 aliphatic carbocycles. The predicted octanol–water partition coefficient (Wildman–Crippen LogP) is 1.62. The summed E-state index contributed by atoms with van der Waals surface area (Å²) >= 11 is 0. The van der Waals surface area contributed by atoms with Crippen LogP contribution in [0, 0.1) is 6.92 Å². The van der Waals surface area contributed by atoms with Gasteiger partial charge in [0.2, 0.25) is 5.89 Å². The number of hydrogen-bond donors (Lipinski definition) is 1. The lowest BCUT2D eigenvalue weighted by Crippen LogP contribution is -2.35. The normalized spacial score (nSPS) is 20.3. The fourth-order valence-electron chi connectivity index (χ4n) is 3.12. The average Bonchev–Trinajstić information content (AvgIpc) is 3.17. The van der Waals surface area contributed by atoms with Crippen LogP contribution in [0.3, 0.4) is 0 Å². The second-order valence-electron chi connectivity index (χ2n) is 6.27. The van der Waals surface area contributed by atoms with E-state index in [4.69, 9.17) is 4.52 Å². The van der Waals surface area contributed by atoms with Gasteiger partial charge in [-0.05, 0) is 25.6 Å². The van der Waals surface area contributed by atoms with Crippen LogP contribution in [0.4, 0.5) is 0 Å². The highest BCUT2D eigenvalue weighted by Crippen LogP contribution is 2.20. The van der Waals surface area contributed by atoms with Gasteiger partial charge in [-0.2, -0.15) is 4.98 Å². The first-order valence-corrected chi connectivity index (χ1v) is 8.06. The van der Waals surface area contributed by atoms with Crippen molar-refractivity contribution in [2.45, 2.75) is 32.0 Å². The van der Waals surface area contributed by atoms with Gasteiger partial charge in [0.15, 0.2) is 5.82 Å². The number of rotatable bonds is 6. The van der Waals surface area contributed by atoms with E-state index in [1.54, 1.807) is 6.92 Å². The van der Waals surface area contributed by atoms with Crippen LogP contribution in [0.1, 0.15) is 29.8 Å². The molecule has 1 aromatic heterocycles. The molecule has 0 amide bonds. The van der Waals surface area contributed by atoms with Crippen molar-refractivity contribution in [3.8, 4) is 0 Å². The molecule has 2 unspecified atom stereocenters. The highest BCUT2D eigenvalue weighted by molar-refractivity contribution is 5.17. The Bertz CT molecular complexity index is 616. The molecule has 0 radical (unpaired) electrons. The van der Waals surface area contributed by atoms with E-state index in [2.05, 4.69) is 27.0 Å². The van der Waals surface area contributed by atoms with E-state index in [-0.39, 0.29) is 0 Å². The second-order valence-corrected chi connectivity index (χ2v) is 6.27. The lowest BCUT2D eigenvalue weighted by atomic mass is 10.1. The summed E-state index contributed by atoms with van der Waals surface area (Å²) in [5, 5.41) is 14.3. The summed E-state index contributed by atoms with van der Waals surface area (Å²) in [7, 11) is 2.09. The summed E-state index contributed by atoms with van der Waals surface area (Å²) < 4.78 is 5.02. The summed E-state index contributed by atoms with van der Waals surface area (Å²) in [5.41, 5.74) is 0.978. The number of hydrogen-bond acceptors (Lipinski definition) is 6. The van der Waals surface area contributed by atoms with Crippen LogP contribution in [0.15, 0.2) is 34.9 Å². The maximum absolute atomic E-state index is 10.4. The molecule has 1 N–H and O–H groups in total. The third-order valence-corrected chi connectivity index (χ3v) is 4.45.